The van der Waals surface area contributed by atoms with E-state index >= 15 is 0 Å². The topological polar surface area (TPSA) is 87.7 Å². The molecule has 0 aromatic heterocycles. The second-order valence-electron chi connectivity index (χ2n) is 4.48. The van der Waals surface area contributed by atoms with Crippen LogP contribution in [0.4, 0.5) is 4.79 Å². The van der Waals surface area contributed by atoms with Gasteiger partial charge in [-0.25, -0.2) is 4.79 Å². The van der Waals surface area contributed by atoms with Gasteiger partial charge in [0.25, 0.3) is 0 Å². The van der Waals surface area contributed by atoms with E-state index in [4.69, 9.17) is 9.84 Å². The number of carbonyl (C=O) groups is 2. The number of hydrogen-bond acceptors (Lipinski definition) is 3. The van der Waals surface area contributed by atoms with Gasteiger partial charge in [-0.2, -0.15) is 0 Å². The summed E-state index contributed by atoms with van der Waals surface area (Å²) in [5.41, 5.74) is 0. The Labute approximate surface area is 107 Å². The summed E-state index contributed by atoms with van der Waals surface area (Å²) >= 11 is 0. The SMILES string of the molecule is O=C(O)CCCCNC(=O)NCC1CCCCO1. The molecular weight excluding hydrogens is 236 g/mol. The maximum absolute atomic E-state index is 11.4. The van der Waals surface area contributed by atoms with Crippen molar-refractivity contribution in [2.45, 2.75) is 44.6 Å². The van der Waals surface area contributed by atoms with Crippen LogP contribution in [0.3, 0.4) is 0 Å². The third kappa shape index (κ3) is 7.11. The van der Waals surface area contributed by atoms with Gasteiger partial charge in [-0.15, -0.1) is 0 Å². The summed E-state index contributed by atoms with van der Waals surface area (Å²) in [4.78, 5) is 21.6. The largest absolute Gasteiger partial charge is 0.481 e. The van der Waals surface area contributed by atoms with E-state index in [2.05, 4.69) is 10.6 Å². The Morgan fingerprint density at radius 3 is 2.72 bits per heavy atom. The molecule has 1 fully saturated rings. The Balaban J connectivity index is 1.94. The van der Waals surface area contributed by atoms with Gasteiger partial charge >= 0.3 is 12.0 Å². The van der Waals surface area contributed by atoms with Gasteiger partial charge in [-0.05, 0) is 32.1 Å². The Bertz CT molecular complexity index is 265. The molecule has 104 valence electrons. The summed E-state index contributed by atoms with van der Waals surface area (Å²) in [5, 5.41) is 13.9. The van der Waals surface area contributed by atoms with Crippen molar-refractivity contribution in [2.75, 3.05) is 19.7 Å². The van der Waals surface area contributed by atoms with E-state index in [1.165, 1.54) is 0 Å². The van der Waals surface area contributed by atoms with Gasteiger partial charge < -0.3 is 20.5 Å². The van der Waals surface area contributed by atoms with Crippen molar-refractivity contribution in [3.05, 3.63) is 0 Å². The molecule has 6 nitrogen and oxygen atoms in total. The maximum atomic E-state index is 11.4. The number of hydrogen-bond donors (Lipinski definition) is 3. The highest BCUT2D eigenvalue weighted by atomic mass is 16.5. The van der Waals surface area contributed by atoms with E-state index in [1.807, 2.05) is 0 Å². The molecule has 0 spiro atoms. The lowest BCUT2D eigenvalue weighted by Crippen LogP contribution is -2.41. The van der Waals surface area contributed by atoms with Crippen LogP contribution in [0.5, 0.6) is 0 Å². The van der Waals surface area contributed by atoms with Gasteiger partial charge in [0.05, 0.1) is 6.10 Å². The predicted molar refractivity (Wildman–Crippen MR) is 66.5 cm³/mol. The van der Waals surface area contributed by atoms with E-state index in [-0.39, 0.29) is 18.6 Å². The van der Waals surface area contributed by atoms with Gasteiger partial charge in [0.15, 0.2) is 0 Å². The average Bonchev–Trinajstić information content (AvgIpc) is 2.37. The number of aliphatic carboxylic acids is 1. The van der Waals surface area contributed by atoms with Crippen LogP contribution in [-0.4, -0.2) is 42.9 Å². The minimum absolute atomic E-state index is 0.136. The quantitative estimate of drug-likeness (QED) is 0.597. The molecule has 1 aliphatic heterocycles. The van der Waals surface area contributed by atoms with Crippen molar-refractivity contribution >= 4 is 12.0 Å². The minimum atomic E-state index is -0.797. The smallest absolute Gasteiger partial charge is 0.314 e. The zero-order valence-electron chi connectivity index (χ0n) is 10.6. The lowest BCUT2D eigenvalue weighted by atomic mass is 10.1. The van der Waals surface area contributed by atoms with Crippen molar-refractivity contribution in [1.29, 1.82) is 0 Å². The van der Waals surface area contributed by atoms with Gasteiger partial charge in [-0.3, -0.25) is 4.79 Å². The summed E-state index contributed by atoms with van der Waals surface area (Å²) < 4.78 is 5.49. The van der Waals surface area contributed by atoms with E-state index < -0.39 is 5.97 Å². The molecule has 6 heteroatoms. The van der Waals surface area contributed by atoms with Crippen LogP contribution in [0.25, 0.3) is 0 Å². The van der Waals surface area contributed by atoms with Gasteiger partial charge in [0.2, 0.25) is 0 Å². The molecule has 18 heavy (non-hydrogen) atoms. The average molecular weight is 258 g/mol. The van der Waals surface area contributed by atoms with Gasteiger partial charge in [0.1, 0.15) is 0 Å². The highest BCUT2D eigenvalue weighted by Gasteiger charge is 2.14. The van der Waals surface area contributed by atoms with E-state index in [0.29, 0.717) is 25.9 Å². The first-order valence-corrected chi connectivity index (χ1v) is 6.53. The van der Waals surface area contributed by atoms with E-state index in [9.17, 15) is 9.59 Å². The highest BCUT2D eigenvalue weighted by Crippen LogP contribution is 2.11. The molecule has 0 bridgehead atoms. The number of ether oxygens (including phenoxy) is 1. The molecule has 0 aromatic rings. The van der Waals surface area contributed by atoms with Crippen molar-refractivity contribution in [1.82, 2.24) is 10.6 Å². The van der Waals surface area contributed by atoms with Crippen molar-refractivity contribution < 1.29 is 19.4 Å². The van der Waals surface area contributed by atoms with Crippen LogP contribution in [0, 0.1) is 0 Å². The number of unbranched alkanes of at least 4 members (excludes halogenated alkanes) is 1. The van der Waals surface area contributed by atoms with Crippen molar-refractivity contribution in [2.24, 2.45) is 0 Å². The zero-order chi connectivity index (χ0) is 13.2. The van der Waals surface area contributed by atoms with Crippen LogP contribution in [-0.2, 0) is 9.53 Å². The fraction of sp³-hybridized carbons (Fsp3) is 0.833. The Kier molecular flexibility index (Phi) is 7.17. The number of carboxylic acid groups (broad SMARTS) is 1. The standard InChI is InChI=1S/C12H22N2O4/c15-11(16)6-1-3-7-13-12(17)14-9-10-5-2-4-8-18-10/h10H,1-9H2,(H,15,16)(H2,13,14,17). The van der Waals surface area contributed by atoms with Crippen molar-refractivity contribution in [3.8, 4) is 0 Å². The summed E-state index contributed by atoms with van der Waals surface area (Å²) in [5.74, 6) is -0.797. The molecule has 1 heterocycles. The molecule has 2 amide bonds. The molecule has 0 saturated carbocycles. The van der Waals surface area contributed by atoms with Crippen LogP contribution >= 0.6 is 0 Å². The second kappa shape index (κ2) is 8.74. The molecule has 0 radical (unpaired) electrons. The molecular formula is C12H22N2O4. The summed E-state index contributed by atoms with van der Waals surface area (Å²) in [6.07, 6.45) is 4.81. The summed E-state index contributed by atoms with van der Waals surface area (Å²) in [6.45, 7) is 1.83. The fourth-order valence-electron chi connectivity index (χ4n) is 1.84. The second-order valence-corrected chi connectivity index (χ2v) is 4.48. The predicted octanol–water partition coefficient (Wildman–Crippen LogP) is 1.11. The summed E-state index contributed by atoms with van der Waals surface area (Å²) in [6, 6.07) is -0.209. The summed E-state index contributed by atoms with van der Waals surface area (Å²) in [7, 11) is 0. The first kappa shape index (κ1) is 14.8. The third-order valence-electron chi connectivity index (χ3n) is 2.87. The van der Waals surface area contributed by atoms with E-state index in [0.717, 1.165) is 25.9 Å². The number of urea groups is 1. The number of carbonyl (C=O) groups excluding carboxylic acids is 1. The minimum Gasteiger partial charge on any atom is -0.481 e. The maximum Gasteiger partial charge on any atom is 0.314 e. The first-order valence-electron chi connectivity index (χ1n) is 6.53. The van der Waals surface area contributed by atoms with Crippen LogP contribution < -0.4 is 10.6 Å². The Morgan fingerprint density at radius 2 is 2.06 bits per heavy atom. The molecule has 1 aliphatic rings. The molecule has 1 saturated heterocycles. The van der Waals surface area contributed by atoms with Crippen LogP contribution in [0.15, 0.2) is 0 Å². The third-order valence-corrected chi connectivity index (χ3v) is 2.87. The van der Waals surface area contributed by atoms with Crippen LogP contribution in [0.1, 0.15) is 38.5 Å². The van der Waals surface area contributed by atoms with E-state index in [1.54, 1.807) is 0 Å². The molecule has 1 atom stereocenters. The number of amides is 2. The van der Waals surface area contributed by atoms with Gasteiger partial charge in [-0.1, -0.05) is 0 Å². The number of carboxylic acids is 1. The zero-order valence-corrected chi connectivity index (χ0v) is 10.6. The number of nitrogens with one attached hydrogen (secondary N) is 2. The van der Waals surface area contributed by atoms with Crippen LogP contribution in [0.2, 0.25) is 0 Å². The monoisotopic (exact) mass is 258 g/mol. The fourth-order valence-corrected chi connectivity index (χ4v) is 1.84. The molecule has 0 aliphatic carbocycles. The van der Waals surface area contributed by atoms with Gasteiger partial charge in [0, 0.05) is 26.1 Å². The van der Waals surface area contributed by atoms with Crippen molar-refractivity contribution in [3.63, 3.8) is 0 Å². The number of rotatable bonds is 7. The Morgan fingerprint density at radius 1 is 1.22 bits per heavy atom. The molecule has 0 aromatic carbocycles. The first-order chi connectivity index (χ1) is 8.68. The molecule has 1 rings (SSSR count). The lowest BCUT2D eigenvalue weighted by Gasteiger charge is -2.22. The molecule has 1 unspecified atom stereocenters. The Hall–Kier alpha value is -1.30. The highest BCUT2D eigenvalue weighted by molar-refractivity contribution is 5.73. The molecule has 3 N–H and O–H groups in total. The normalized spacial score (nSPS) is 19.2. The lowest BCUT2D eigenvalue weighted by molar-refractivity contribution is -0.137.